The summed E-state index contributed by atoms with van der Waals surface area (Å²) in [6.07, 6.45) is 2.81. The largest absolute Gasteiger partial charge is 0.355 e. The average molecular weight is 485 g/mol. The van der Waals surface area contributed by atoms with Crippen molar-refractivity contribution in [1.29, 1.82) is 0 Å². The Hall–Kier alpha value is -3.85. The molecule has 0 amide bonds. The monoisotopic (exact) mass is 484 g/mol. The molecule has 6 rings (SSSR count). The number of halogens is 1. The molecule has 0 unspecified atom stereocenters. The van der Waals surface area contributed by atoms with Gasteiger partial charge in [0.2, 0.25) is 0 Å². The van der Waals surface area contributed by atoms with Crippen molar-refractivity contribution in [1.82, 2.24) is 31.4 Å². The molecule has 0 saturated carbocycles. The molecule has 2 aliphatic heterocycles. The SMILES string of the molecule is Clc1ccc(Nc2cccc3c2CCN(CC2=NNNN2)C3)cc1-c1ncc(-c2ccccc2)[nH]1. The van der Waals surface area contributed by atoms with Crippen LogP contribution in [0.3, 0.4) is 0 Å². The number of H-pyrrole nitrogens is 1. The van der Waals surface area contributed by atoms with Gasteiger partial charge in [-0.25, -0.2) is 10.5 Å². The molecular formula is C26H25ClN8. The zero-order chi connectivity index (χ0) is 23.6. The molecule has 4 aromatic rings. The van der Waals surface area contributed by atoms with E-state index in [1.54, 1.807) is 0 Å². The number of aromatic nitrogens is 2. The Morgan fingerprint density at radius 3 is 2.80 bits per heavy atom. The lowest BCUT2D eigenvalue weighted by atomic mass is 9.97. The molecule has 0 spiro atoms. The first-order valence-corrected chi connectivity index (χ1v) is 11.9. The number of benzene rings is 3. The number of anilines is 2. The van der Waals surface area contributed by atoms with Crippen molar-refractivity contribution < 1.29 is 0 Å². The fourth-order valence-electron chi connectivity index (χ4n) is 4.59. The molecule has 8 nitrogen and oxygen atoms in total. The third-order valence-corrected chi connectivity index (χ3v) is 6.66. The molecule has 35 heavy (non-hydrogen) atoms. The Balaban J connectivity index is 1.22. The van der Waals surface area contributed by atoms with Gasteiger partial charge in [-0.3, -0.25) is 10.3 Å². The van der Waals surface area contributed by atoms with Crippen molar-refractivity contribution in [3.05, 3.63) is 89.1 Å². The predicted octanol–water partition coefficient (Wildman–Crippen LogP) is 4.42. The summed E-state index contributed by atoms with van der Waals surface area (Å²) in [7, 11) is 0. The van der Waals surface area contributed by atoms with Crippen molar-refractivity contribution >= 4 is 28.8 Å². The maximum Gasteiger partial charge on any atom is 0.153 e. The zero-order valence-corrected chi connectivity index (χ0v) is 19.7. The summed E-state index contributed by atoms with van der Waals surface area (Å²) in [5.41, 5.74) is 16.2. The molecule has 0 bridgehead atoms. The number of rotatable bonds is 6. The minimum Gasteiger partial charge on any atom is -0.355 e. The van der Waals surface area contributed by atoms with Crippen LogP contribution in [0.25, 0.3) is 22.6 Å². The fraction of sp³-hybridized carbons (Fsp3) is 0.154. The number of hydrazine groups is 2. The lowest BCUT2D eigenvalue weighted by Gasteiger charge is -2.30. The van der Waals surface area contributed by atoms with Crippen LogP contribution >= 0.6 is 11.6 Å². The zero-order valence-electron chi connectivity index (χ0n) is 19.0. The Morgan fingerprint density at radius 1 is 1.03 bits per heavy atom. The first-order chi connectivity index (χ1) is 17.2. The highest BCUT2D eigenvalue weighted by atomic mass is 35.5. The Labute approximate surface area is 208 Å². The number of aromatic amines is 1. The lowest BCUT2D eigenvalue weighted by molar-refractivity contribution is 0.288. The number of amidine groups is 1. The maximum atomic E-state index is 6.57. The van der Waals surface area contributed by atoms with E-state index in [0.717, 1.165) is 65.9 Å². The van der Waals surface area contributed by atoms with Crippen molar-refractivity contribution in [3.8, 4) is 22.6 Å². The van der Waals surface area contributed by atoms with Gasteiger partial charge in [0.15, 0.2) is 5.84 Å². The molecule has 0 radical (unpaired) electrons. The summed E-state index contributed by atoms with van der Waals surface area (Å²) < 4.78 is 0. The summed E-state index contributed by atoms with van der Waals surface area (Å²) in [4.78, 5) is 10.4. The van der Waals surface area contributed by atoms with E-state index in [-0.39, 0.29) is 0 Å². The number of hydrogen-bond acceptors (Lipinski definition) is 7. The number of imidazole rings is 1. The van der Waals surface area contributed by atoms with Crippen molar-refractivity contribution in [2.24, 2.45) is 5.10 Å². The number of nitrogens with zero attached hydrogens (tertiary/aromatic N) is 3. The number of fused-ring (bicyclic) bond motifs is 1. The van der Waals surface area contributed by atoms with Crippen LogP contribution in [0.2, 0.25) is 5.02 Å². The minimum absolute atomic E-state index is 0.655. The van der Waals surface area contributed by atoms with Crippen LogP contribution in [0.15, 0.2) is 78.0 Å². The Kier molecular flexibility index (Phi) is 5.83. The van der Waals surface area contributed by atoms with Crippen LogP contribution < -0.4 is 21.8 Å². The van der Waals surface area contributed by atoms with Crippen LogP contribution in [0.1, 0.15) is 11.1 Å². The van der Waals surface area contributed by atoms with E-state index in [1.165, 1.54) is 11.1 Å². The molecule has 0 aliphatic carbocycles. The van der Waals surface area contributed by atoms with E-state index < -0.39 is 0 Å². The van der Waals surface area contributed by atoms with Crippen LogP contribution in [-0.2, 0) is 13.0 Å². The van der Waals surface area contributed by atoms with Gasteiger partial charge < -0.3 is 10.3 Å². The van der Waals surface area contributed by atoms with Gasteiger partial charge in [-0.15, -0.1) is 10.6 Å². The van der Waals surface area contributed by atoms with Crippen LogP contribution in [0, 0.1) is 0 Å². The molecule has 9 heteroatoms. The smallest absolute Gasteiger partial charge is 0.153 e. The normalized spacial score (nSPS) is 15.2. The molecule has 176 valence electrons. The second-order valence-corrected chi connectivity index (χ2v) is 9.06. The summed E-state index contributed by atoms with van der Waals surface area (Å²) in [5.74, 6) is 1.64. The van der Waals surface area contributed by atoms with E-state index in [4.69, 9.17) is 11.6 Å². The van der Waals surface area contributed by atoms with Gasteiger partial charge in [0.1, 0.15) is 5.82 Å². The fourth-order valence-corrected chi connectivity index (χ4v) is 4.80. The molecule has 0 saturated heterocycles. The van der Waals surface area contributed by atoms with Gasteiger partial charge in [0.25, 0.3) is 0 Å². The second kappa shape index (κ2) is 9.42. The molecule has 0 atom stereocenters. The van der Waals surface area contributed by atoms with Gasteiger partial charge >= 0.3 is 0 Å². The topological polar surface area (TPSA) is 92.4 Å². The molecular weight excluding hydrogens is 460 g/mol. The standard InChI is InChI=1S/C26H25ClN8/c27-22-10-9-19(13-21(22)26-28-14-24(30-26)17-5-2-1-3-6-17)29-23-8-4-7-18-15-35(12-11-20(18)23)16-25-31-33-34-32-25/h1-10,13-14,29,33-34H,11-12,15-16H2,(H,28,30)(H,31,32). The molecule has 0 fully saturated rings. The molecule has 5 N–H and O–H groups in total. The van der Waals surface area contributed by atoms with E-state index >= 15 is 0 Å². The van der Waals surface area contributed by atoms with Gasteiger partial charge in [0, 0.05) is 30.0 Å². The first kappa shape index (κ1) is 21.7. The van der Waals surface area contributed by atoms with E-state index in [2.05, 4.69) is 72.1 Å². The summed E-state index contributed by atoms with van der Waals surface area (Å²) in [6.45, 7) is 2.62. The average Bonchev–Trinajstić information content (AvgIpc) is 3.58. The minimum atomic E-state index is 0.655. The highest BCUT2D eigenvalue weighted by Gasteiger charge is 2.21. The van der Waals surface area contributed by atoms with Crippen molar-refractivity contribution in [3.63, 3.8) is 0 Å². The van der Waals surface area contributed by atoms with E-state index in [9.17, 15) is 0 Å². The molecule has 1 aromatic heterocycles. The summed E-state index contributed by atoms with van der Waals surface area (Å²) in [6, 6.07) is 22.6. The predicted molar refractivity (Wildman–Crippen MR) is 140 cm³/mol. The molecule has 2 aliphatic rings. The number of nitrogens with one attached hydrogen (secondary N) is 5. The Bertz CT molecular complexity index is 1380. The van der Waals surface area contributed by atoms with Gasteiger partial charge in [-0.2, -0.15) is 0 Å². The van der Waals surface area contributed by atoms with Gasteiger partial charge in [-0.1, -0.05) is 54.1 Å². The first-order valence-electron chi connectivity index (χ1n) is 11.6. The van der Waals surface area contributed by atoms with Gasteiger partial charge in [-0.05, 0) is 47.4 Å². The summed E-state index contributed by atoms with van der Waals surface area (Å²) >= 11 is 6.57. The van der Waals surface area contributed by atoms with Crippen molar-refractivity contribution in [2.45, 2.75) is 13.0 Å². The van der Waals surface area contributed by atoms with E-state index in [1.807, 2.05) is 42.6 Å². The Morgan fingerprint density at radius 2 is 1.94 bits per heavy atom. The number of hydrazone groups is 1. The van der Waals surface area contributed by atoms with Gasteiger partial charge in [0.05, 0.1) is 23.5 Å². The third-order valence-electron chi connectivity index (χ3n) is 6.33. The summed E-state index contributed by atoms with van der Waals surface area (Å²) in [5, 5.41) is 8.47. The molecule has 3 heterocycles. The highest BCUT2D eigenvalue weighted by molar-refractivity contribution is 6.33. The maximum absolute atomic E-state index is 6.57. The van der Waals surface area contributed by atoms with Crippen molar-refractivity contribution in [2.75, 3.05) is 18.4 Å². The van der Waals surface area contributed by atoms with Crippen LogP contribution in [0.5, 0.6) is 0 Å². The second-order valence-electron chi connectivity index (χ2n) is 8.66. The highest BCUT2D eigenvalue weighted by Crippen LogP contribution is 2.33. The molecule has 3 aromatic carbocycles. The van der Waals surface area contributed by atoms with E-state index in [0.29, 0.717) is 5.02 Å². The lowest BCUT2D eigenvalue weighted by Crippen LogP contribution is -2.42. The quantitative estimate of drug-likeness (QED) is 0.278. The van der Waals surface area contributed by atoms with Crippen LogP contribution in [-0.4, -0.2) is 33.8 Å². The van der Waals surface area contributed by atoms with Crippen LogP contribution in [0.4, 0.5) is 11.4 Å². The third kappa shape index (κ3) is 4.59. The number of hydrogen-bond donors (Lipinski definition) is 5.